The largest absolute Gasteiger partial charge is 0.137 e. The summed E-state index contributed by atoms with van der Waals surface area (Å²) in [5.41, 5.74) is 5.10. The summed E-state index contributed by atoms with van der Waals surface area (Å²) in [4.78, 5) is 0. The van der Waals surface area contributed by atoms with Gasteiger partial charge in [-0.2, -0.15) is 0 Å². The van der Waals surface area contributed by atoms with Crippen molar-refractivity contribution in [2.75, 3.05) is 0 Å². The standard InChI is InChI=1S/C6H12.C3H4/c1-5(2)6(3)4;1-3-2/h1-4H3;1-2H2. The van der Waals surface area contributed by atoms with Gasteiger partial charge in [-0.15, -0.1) is 5.73 Å². The lowest BCUT2D eigenvalue weighted by atomic mass is 10.2. The van der Waals surface area contributed by atoms with Crippen LogP contribution < -0.4 is 0 Å². The van der Waals surface area contributed by atoms with Crippen molar-refractivity contribution in [3.63, 3.8) is 0 Å². The van der Waals surface area contributed by atoms with Crippen LogP contribution in [0.5, 0.6) is 0 Å². The van der Waals surface area contributed by atoms with Crippen molar-refractivity contribution in [1.82, 2.24) is 0 Å². The Balaban J connectivity index is 0. The van der Waals surface area contributed by atoms with Gasteiger partial charge in [0, 0.05) is 0 Å². The summed E-state index contributed by atoms with van der Waals surface area (Å²) in [6.07, 6.45) is 0. The summed E-state index contributed by atoms with van der Waals surface area (Å²) < 4.78 is 0. The Morgan fingerprint density at radius 1 is 0.889 bits per heavy atom. The molecular weight excluding hydrogens is 108 g/mol. The molecule has 0 aliphatic carbocycles. The second kappa shape index (κ2) is 7.26. The molecule has 0 heteroatoms. The Labute approximate surface area is 58.6 Å². The smallest absolute Gasteiger partial charge is 0.0440 e. The van der Waals surface area contributed by atoms with Crippen molar-refractivity contribution in [3.8, 4) is 0 Å². The van der Waals surface area contributed by atoms with E-state index in [-0.39, 0.29) is 0 Å². The van der Waals surface area contributed by atoms with Gasteiger partial charge in [0.25, 0.3) is 0 Å². The van der Waals surface area contributed by atoms with Crippen LogP contribution in [0.2, 0.25) is 0 Å². The minimum absolute atomic E-state index is 1.43. The highest BCUT2D eigenvalue weighted by molar-refractivity contribution is 5.02. The molecule has 0 rings (SSSR count). The average molecular weight is 124 g/mol. The molecule has 0 unspecified atom stereocenters. The first-order valence-electron chi connectivity index (χ1n) is 2.96. The molecule has 0 aliphatic rings. The highest BCUT2D eigenvalue weighted by Gasteiger charge is 1.75. The molecule has 0 aromatic heterocycles. The van der Waals surface area contributed by atoms with Crippen LogP contribution in [0.3, 0.4) is 0 Å². The molecule has 0 fully saturated rings. The molecule has 0 radical (unpaired) electrons. The Hall–Kier alpha value is -0.740. The van der Waals surface area contributed by atoms with E-state index >= 15 is 0 Å². The van der Waals surface area contributed by atoms with Crippen LogP contribution in [0.1, 0.15) is 27.7 Å². The Morgan fingerprint density at radius 3 is 1.00 bits per heavy atom. The summed E-state index contributed by atoms with van der Waals surface area (Å²) in [5, 5.41) is 0. The minimum Gasteiger partial charge on any atom is -0.137 e. The normalized spacial score (nSPS) is 6.22. The van der Waals surface area contributed by atoms with Crippen LogP contribution in [0.15, 0.2) is 30.0 Å². The van der Waals surface area contributed by atoms with Crippen molar-refractivity contribution >= 4 is 0 Å². The van der Waals surface area contributed by atoms with Gasteiger partial charge in [-0.3, -0.25) is 0 Å². The molecule has 52 valence electrons. The fraction of sp³-hybridized carbons (Fsp3) is 0.444. The van der Waals surface area contributed by atoms with Crippen molar-refractivity contribution in [3.05, 3.63) is 30.0 Å². The molecule has 0 aliphatic heterocycles. The molecule has 0 nitrogen and oxygen atoms in total. The maximum Gasteiger partial charge on any atom is -0.0440 e. The first-order chi connectivity index (χ1) is 4.06. The fourth-order valence-electron chi connectivity index (χ4n) is 0. The van der Waals surface area contributed by atoms with Crippen molar-refractivity contribution in [1.29, 1.82) is 0 Å². The minimum atomic E-state index is 1.43. The van der Waals surface area contributed by atoms with Crippen LogP contribution >= 0.6 is 0 Å². The number of rotatable bonds is 0. The van der Waals surface area contributed by atoms with Gasteiger partial charge in [-0.25, -0.2) is 0 Å². The first kappa shape index (κ1) is 11.1. The molecule has 9 heavy (non-hydrogen) atoms. The Bertz CT molecular complexity index is 103. The van der Waals surface area contributed by atoms with Gasteiger partial charge in [0.1, 0.15) is 0 Å². The third-order valence-electron chi connectivity index (χ3n) is 1.00. The van der Waals surface area contributed by atoms with Gasteiger partial charge < -0.3 is 0 Å². The van der Waals surface area contributed by atoms with Crippen LogP contribution in [0.4, 0.5) is 0 Å². The third kappa shape index (κ3) is 18.9. The Kier molecular flexibility index (Phi) is 8.96. The van der Waals surface area contributed by atoms with Crippen LogP contribution in [0, 0.1) is 0 Å². The quantitative estimate of drug-likeness (QED) is 0.343. The van der Waals surface area contributed by atoms with E-state index < -0.39 is 0 Å². The zero-order chi connectivity index (χ0) is 7.86. The van der Waals surface area contributed by atoms with E-state index in [4.69, 9.17) is 0 Å². The van der Waals surface area contributed by atoms with E-state index in [9.17, 15) is 0 Å². The lowest BCUT2D eigenvalue weighted by Gasteiger charge is -1.88. The molecular formula is C9H16. The molecule has 0 atom stereocenters. The number of allylic oxidation sites excluding steroid dienone is 2. The predicted octanol–water partition coefficient (Wildman–Crippen LogP) is 3.32. The van der Waals surface area contributed by atoms with E-state index in [1.54, 1.807) is 0 Å². The van der Waals surface area contributed by atoms with Crippen LogP contribution in [-0.4, -0.2) is 0 Å². The van der Waals surface area contributed by atoms with Crippen molar-refractivity contribution < 1.29 is 0 Å². The zero-order valence-electron chi connectivity index (χ0n) is 6.91. The fourth-order valence-corrected chi connectivity index (χ4v) is 0. The van der Waals surface area contributed by atoms with E-state index in [2.05, 4.69) is 46.6 Å². The van der Waals surface area contributed by atoms with Gasteiger partial charge >= 0.3 is 0 Å². The van der Waals surface area contributed by atoms with E-state index in [0.717, 1.165) is 0 Å². The molecule has 0 bridgehead atoms. The van der Waals surface area contributed by atoms with Gasteiger partial charge in [0.05, 0.1) is 0 Å². The Morgan fingerprint density at radius 2 is 1.00 bits per heavy atom. The molecule has 0 N–H and O–H groups in total. The molecule has 0 aromatic rings. The molecule has 0 spiro atoms. The average Bonchev–Trinajstić information content (AvgIpc) is 1.68. The van der Waals surface area contributed by atoms with E-state index in [1.165, 1.54) is 11.1 Å². The van der Waals surface area contributed by atoms with E-state index in [0.29, 0.717) is 0 Å². The summed E-state index contributed by atoms with van der Waals surface area (Å²) in [6, 6.07) is 0. The predicted molar refractivity (Wildman–Crippen MR) is 44.5 cm³/mol. The van der Waals surface area contributed by atoms with Gasteiger partial charge in [-0.05, 0) is 27.7 Å². The van der Waals surface area contributed by atoms with Crippen molar-refractivity contribution in [2.45, 2.75) is 27.7 Å². The molecule has 0 saturated heterocycles. The molecule has 0 heterocycles. The van der Waals surface area contributed by atoms with Gasteiger partial charge in [-0.1, -0.05) is 24.3 Å². The molecule has 0 aromatic carbocycles. The number of hydrogen-bond donors (Lipinski definition) is 0. The van der Waals surface area contributed by atoms with Gasteiger partial charge in [0.2, 0.25) is 0 Å². The first-order valence-corrected chi connectivity index (χ1v) is 2.96. The topological polar surface area (TPSA) is 0 Å². The zero-order valence-corrected chi connectivity index (χ0v) is 6.91. The summed E-state index contributed by atoms with van der Waals surface area (Å²) >= 11 is 0. The summed E-state index contributed by atoms with van der Waals surface area (Å²) in [6.45, 7) is 14.7. The maximum absolute atomic E-state index is 3.12. The maximum atomic E-state index is 3.12. The summed E-state index contributed by atoms with van der Waals surface area (Å²) in [5.74, 6) is 0. The molecule has 0 saturated carbocycles. The van der Waals surface area contributed by atoms with Gasteiger partial charge in [0.15, 0.2) is 0 Å². The highest BCUT2D eigenvalue weighted by Crippen LogP contribution is 1.96. The molecule has 0 amide bonds. The monoisotopic (exact) mass is 124 g/mol. The second-order valence-corrected chi connectivity index (χ2v) is 2.25. The van der Waals surface area contributed by atoms with E-state index in [1.807, 2.05) is 0 Å². The lowest BCUT2D eigenvalue weighted by Crippen LogP contribution is -1.66. The number of hydrogen-bond acceptors (Lipinski definition) is 0. The second-order valence-electron chi connectivity index (χ2n) is 2.25. The summed E-state index contributed by atoms with van der Waals surface area (Å²) in [7, 11) is 0. The third-order valence-corrected chi connectivity index (χ3v) is 1.00. The van der Waals surface area contributed by atoms with Crippen molar-refractivity contribution in [2.24, 2.45) is 0 Å². The van der Waals surface area contributed by atoms with Crippen LogP contribution in [-0.2, 0) is 0 Å². The highest BCUT2D eigenvalue weighted by atomic mass is 13.8. The SMILES string of the molecule is C=C=C.CC(C)=C(C)C. The van der Waals surface area contributed by atoms with Crippen LogP contribution in [0.25, 0.3) is 0 Å². The lowest BCUT2D eigenvalue weighted by molar-refractivity contribution is 1.23.